The highest BCUT2D eigenvalue weighted by atomic mass is 16.5. The summed E-state index contributed by atoms with van der Waals surface area (Å²) in [6, 6.07) is 0.259. The lowest BCUT2D eigenvalue weighted by Gasteiger charge is -2.27. The van der Waals surface area contributed by atoms with Crippen LogP contribution in [0.3, 0.4) is 0 Å². The van der Waals surface area contributed by atoms with Gasteiger partial charge in [-0.1, -0.05) is 13.3 Å². The first kappa shape index (κ1) is 13.5. The van der Waals surface area contributed by atoms with E-state index in [0.29, 0.717) is 6.04 Å². The Labute approximate surface area is 98.3 Å². The fourth-order valence-electron chi connectivity index (χ4n) is 2.15. The number of hydrogen-bond donors (Lipinski definition) is 1. The van der Waals surface area contributed by atoms with Crippen LogP contribution >= 0.6 is 0 Å². The molecule has 0 spiro atoms. The Morgan fingerprint density at radius 2 is 2.31 bits per heavy atom. The zero-order valence-corrected chi connectivity index (χ0v) is 10.8. The van der Waals surface area contributed by atoms with Crippen molar-refractivity contribution >= 4 is 5.91 Å². The van der Waals surface area contributed by atoms with Crippen LogP contribution in [0.2, 0.25) is 0 Å². The maximum Gasteiger partial charge on any atom is 0.239 e. The summed E-state index contributed by atoms with van der Waals surface area (Å²) in [7, 11) is 3.59. The highest BCUT2D eigenvalue weighted by molar-refractivity contribution is 5.82. The van der Waals surface area contributed by atoms with E-state index < -0.39 is 0 Å². The molecule has 4 nitrogen and oxygen atoms in total. The van der Waals surface area contributed by atoms with E-state index in [1.807, 2.05) is 11.9 Å². The molecule has 1 saturated heterocycles. The lowest BCUT2D eigenvalue weighted by molar-refractivity contribution is -0.133. The number of amides is 1. The van der Waals surface area contributed by atoms with Gasteiger partial charge in [-0.2, -0.15) is 0 Å². The first-order valence-corrected chi connectivity index (χ1v) is 6.13. The molecule has 0 bridgehead atoms. The highest BCUT2D eigenvalue weighted by Gasteiger charge is 2.32. The van der Waals surface area contributed by atoms with E-state index >= 15 is 0 Å². The topological polar surface area (TPSA) is 41.6 Å². The van der Waals surface area contributed by atoms with Gasteiger partial charge in [0, 0.05) is 26.7 Å². The largest absolute Gasteiger partial charge is 0.380 e. The summed E-state index contributed by atoms with van der Waals surface area (Å²) in [6.45, 7) is 5.02. The van der Waals surface area contributed by atoms with E-state index in [4.69, 9.17) is 4.74 Å². The van der Waals surface area contributed by atoms with Gasteiger partial charge in [0.1, 0.15) is 0 Å². The molecule has 0 aromatic rings. The third-order valence-corrected chi connectivity index (χ3v) is 3.44. The van der Waals surface area contributed by atoms with Gasteiger partial charge < -0.3 is 15.0 Å². The van der Waals surface area contributed by atoms with Crippen molar-refractivity contribution in [1.29, 1.82) is 0 Å². The van der Waals surface area contributed by atoms with Crippen molar-refractivity contribution in [1.82, 2.24) is 10.2 Å². The molecule has 94 valence electrons. The Morgan fingerprint density at radius 3 is 2.81 bits per heavy atom. The maximum absolute atomic E-state index is 12.1. The van der Waals surface area contributed by atoms with Crippen LogP contribution < -0.4 is 5.32 Å². The number of methoxy groups -OCH3 is 1. The van der Waals surface area contributed by atoms with Gasteiger partial charge in [-0.25, -0.2) is 0 Å². The molecule has 1 heterocycles. The van der Waals surface area contributed by atoms with E-state index in [2.05, 4.69) is 19.2 Å². The summed E-state index contributed by atoms with van der Waals surface area (Å²) in [5.74, 6) is 0.195. The third kappa shape index (κ3) is 3.19. The van der Waals surface area contributed by atoms with E-state index in [1.54, 1.807) is 7.11 Å². The van der Waals surface area contributed by atoms with Crippen LogP contribution in [-0.4, -0.2) is 49.7 Å². The number of ether oxygens (including phenoxy) is 1. The summed E-state index contributed by atoms with van der Waals surface area (Å²) >= 11 is 0. The van der Waals surface area contributed by atoms with Crippen LogP contribution in [0.1, 0.15) is 33.1 Å². The van der Waals surface area contributed by atoms with E-state index in [0.717, 1.165) is 25.8 Å². The lowest BCUT2D eigenvalue weighted by Crippen LogP contribution is -2.45. The molecule has 1 aliphatic rings. The van der Waals surface area contributed by atoms with Crippen molar-refractivity contribution in [3.8, 4) is 0 Å². The number of hydrogen-bond acceptors (Lipinski definition) is 3. The number of nitrogens with zero attached hydrogens (tertiary/aromatic N) is 1. The summed E-state index contributed by atoms with van der Waals surface area (Å²) < 4.78 is 5.25. The Kier molecular flexibility index (Phi) is 5.22. The average Bonchev–Trinajstić information content (AvgIpc) is 2.75. The van der Waals surface area contributed by atoms with Gasteiger partial charge in [0.2, 0.25) is 5.91 Å². The number of nitrogens with one attached hydrogen (secondary N) is 1. The molecular formula is C12H24N2O2. The van der Waals surface area contributed by atoms with Crippen molar-refractivity contribution in [2.75, 3.05) is 20.7 Å². The van der Waals surface area contributed by atoms with Gasteiger partial charge in [-0.15, -0.1) is 0 Å². The zero-order chi connectivity index (χ0) is 12.1. The Bertz CT molecular complexity index is 229. The van der Waals surface area contributed by atoms with Crippen LogP contribution in [-0.2, 0) is 9.53 Å². The van der Waals surface area contributed by atoms with Gasteiger partial charge in [0.15, 0.2) is 0 Å². The number of likely N-dealkylation sites (N-methyl/N-ethyl adjacent to an activating group) is 1. The van der Waals surface area contributed by atoms with Crippen LogP contribution in [0.25, 0.3) is 0 Å². The van der Waals surface area contributed by atoms with E-state index in [9.17, 15) is 4.79 Å². The lowest BCUT2D eigenvalue weighted by atomic mass is 10.1. The van der Waals surface area contributed by atoms with Crippen molar-refractivity contribution in [2.24, 2.45) is 0 Å². The van der Waals surface area contributed by atoms with Crippen LogP contribution in [0.5, 0.6) is 0 Å². The zero-order valence-electron chi connectivity index (χ0n) is 10.8. The summed E-state index contributed by atoms with van der Waals surface area (Å²) in [5.41, 5.74) is 0. The van der Waals surface area contributed by atoms with Crippen molar-refractivity contribution in [2.45, 2.75) is 51.3 Å². The van der Waals surface area contributed by atoms with Gasteiger partial charge in [0.25, 0.3) is 0 Å². The van der Waals surface area contributed by atoms with E-state index in [-0.39, 0.29) is 18.1 Å². The second kappa shape index (κ2) is 6.21. The number of rotatable bonds is 5. The average molecular weight is 228 g/mol. The summed E-state index contributed by atoms with van der Waals surface area (Å²) in [6.07, 6.45) is 3.14. The second-order valence-corrected chi connectivity index (χ2v) is 4.64. The molecule has 3 atom stereocenters. The van der Waals surface area contributed by atoms with Crippen molar-refractivity contribution in [3.63, 3.8) is 0 Å². The minimum atomic E-state index is -0.0609. The minimum absolute atomic E-state index is 0.0609. The predicted molar refractivity (Wildman–Crippen MR) is 64.3 cm³/mol. The predicted octanol–water partition coefficient (Wildman–Crippen LogP) is 1.01. The molecule has 0 aliphatic carbocycles. The van der Waals surface area contributed by atoms with Crippen molar-refractivity contribution in [3.05, 3.63) is 0 Å². The first-order valence-electron chi connectivity index (χ1n) is 6.13. The maximum atomic E-state index is 12.1. The number of carbonyl (C=O) groups excluding carboxylic acids is 1. The van der Waals surface area contributed by atoms with Crippen LogP contribution in [0, 0.1) is 0 Å². The normalized spacial score (nSPS) is 26.8. The quantitative estimate of drug-likeness (QED) is 0.763. The van der Waals surface area contributed by atoms with Gasteiger partial charge in [-0.05, 0) is 19.8 Å². The first-order chi connectivity index (χ1) is 7.60. The molecule has 16 heavy (non-hydrogen) atoms. The molecule has 0 aromatic carbocycles. The van der Waals surface area contributed by atoms with Crippen LogP contribution in [0.4, 0.5) is 0 Å². The molecule has 3 unspecified atom stereocenters. The standard InChI is InChI=1S/C12H24N2O2/c1-5-6-9(2)14(3)12(15)11-7-10(16-4)8-13-11/h9-11,13H,5-8H2,1-4H3. The minimum Gasteiger partial charge on any atom is -0.380 e. The molecule has 1 N–H and O–H groups in total. The number of carbonyl (C=O) groups is 1. The van der Waals surface area contributed by atoms with Crippen LogP contribution in [0.15, 0.2) is 0 Å². The SMILES string of the molecule is CCCC(C)N(C)C(=O)C1CC(OC)CN1. The Hall–Kier alpha value is -0.610. The fraction of sp³-hybridized carbons (Fsp3) is 0.917. The summed E-state index contributed by atoms with van der Waals surface area (Å²) in [4.78, 5) is 14.0. The van der Waals surface area contributed by atoms with Crippen molar-refractivity contribution < 1.29 is 9.53 Å². The summed E-state index contributed by atoms with van der Waals surface area (Å²) in [5, 5.41) is 3.22. The van der Waals surface area contributed by atoms with Gasteiger partial charge in [0.05, 0.1) is 12.1 Å². The van der Waals surface area contributed by atoms with Gasteiger partial charge in [-0.3, -0.25) is 4.79 Å². The molecule has 0 radical (unpaired) electrons. The third-order valence-electron chi connectivity index (χ3n) is 3.44. The molecule has 1 fully saturated rings. The molecule has 1 rings (SSSR count). The monoisotopic (exact) mass is 228 g/mol. The van der Waals surface area contributed by atoms with Gasteiger partial charge >= 0.3 is 0 Å². The second-order valence-electron chi connectivity index (χ2n) is 4.64. The molecule has 0 aromatic heterocycles. The molecule has 0 saturated carbocycles. The smallest absolute Gasteiger partial charge is 0.239 e. The van der Waals surface area contributed by atoms with E-state index in [1.165, 1.54) is 0 Å². The Morgan fingerprint density at radius 1 is 1.62 bits per heavy atom. The molecule has 4 heteroatoms. The Balaban J connectivity index is 2.45. The molecule has 1 aliphatic heterocycles. The highest BCUT2D eigenvalue weighted by Crippen LogP contribution is 2.14. The molecule has 1 amide bonds. The molecular weight excluding hydrogens is 204 g/mol. The fourth-order valence-corrected chi connectivity index (χ4v) is 2.15.